The van der Waals surface area contributed by atoms with Crippen molar-refractivity contribution in [2.24, 2.45) is 0 Å². The van der Waals surface area contributed by atoms with Crippen LogP contribution < -0.4 is 0 Å². The standard InChI is InChI=1S/C21H16BrNO2/c1-2-25-21(24)18-11-14(13-6-4-3-5-7-13)10-17-16-12-15(22)8-9-19(16)23-20(17)18/h3-12,23H,2H2,1H3. The minimum Gasteiger partial charge on any atom is -0.462 e. The van der Waals surface area contributed by atoms with Crippen LogP contribution in [0.4, 0.5) is 0 Å². The number of rotatable bonds is 3. The number of benzene rings is 3. The number of carbonyl (C=O) groups excluding carboxylic acids is 1. The maximum Gasteiger partial charge on any atom is 0.340 e. The maximum atomic E-state index is 12.5. The van der Waals surface area contributed by atoms with E-state index in [2.05, 4.69) is 33.0 Å². The fraction of sp³-hybridized carbons (Fsp3) is 0.0952. The lowest BCUT2D eigenvalue weighted by molar-refractivity contribution is 0.0528. The van der Waals surface area contributed by atoms with Crippen molar-refractivity contribution in [3.8, 4) is 11.1 Å². The molecule has 0 radical (unpaired) electrons. The molecule has 4 aromatic rings. The summed E-state index contributed by atoms with van der Waals surface area (Å²) in [5.41, 5.74) is 4.43. The van der Waals surface area contributed by atoms with Crippen molar-refractivity contribution in [3.05, 3.63) is 70.7 Å². The first-order valence-electron chi connectivity index (χ1n) is 8.15. The van der Waals surface area contributed by atoms with E-state index in [1.165, 1.54) is 0 Å². The molecule has 0 aliphatic rings. The van der Waals surface area contributed by atoms with Crippen LogP contribution in [0.2, 0.25) is 0 Å². The van der Waals surface area contributed by atoms with Crippen molar-refractivity contribution in [3.63, 3.8) is 0 Å². The van der Waals surface area contributed by atoms with Crippen molar-refractivity contribution < 1.29 is 9.53 Å². The van der Waals surface area contributed by atoms with Crippen molar-refractivity contribution >= 4 is 43.7 Å². The average molecular weight is 394 g/mol. The molecule has 4 heteroatoms. The van der Waals surface area contributed by atoms with Crippen LogP contribution in [0.1, 0.15) is 17.3 Å². The average Bonchev–Trinajstić information content (AvgIpc) is 2.99. The lowest BCUT2D eigenvalue weighted by Gasteiger charge is -2.08. The molecule has 0 unspecified atom stereocenters. The smallest absolute Gasteiger partial charge is 0.340 e. The van der Waals surface area contributed by atoms with E-state index in [9.17, 15) is 4.79 Å². The summed E-state index contributed by atoms with van der Waals surface area (Å²) < 4.78 is 6.28. The van der Waals surface area contributed by atoms with Crippen molar-refractivity contribution in [2.75, 3.05) is 6.61 Å². The predicted octanol–water partition coefficient (Wildman–Crippen LogP) is 5.93. The molecular weight excluding hydrogens is 378 g/mol. The van der Waals surface area contributed by atoms with E-state index in [1.54, 1.807) is 0 Å². The Morgan fingerprint density at radius 3 is 2.56 bits per heavy atom. The number of aromatic amines is 1. The molecule has 25 heavy (non-hydrogen) atoms. The molecule has 0 spiro atoms. The van der Waals surface area contributed by atoms with Crippen LogP contribution in [0.25, 0.3) is 32.9 Å². The van der Waals surface area contributed by atoms with Crippen LogP contribution in [-0.4, -0.2) is 17.6 Å². The molecule has 4 rings (SSSR count). The molecule has 1 N–H and O–H groups in total. The Hall–Kier alpha value is -2.59. The highest BCUT2D eigenvalue weighted by Gasteiger charge is 2.17. The van der Waals surface area contributed by atoms with E-state index < -0.39 is 0 Å². The summed E-state index contributed by atoms with van der Waals surface area (Å²) in [5.74, 6) is -0.309. The molecule has 0 saturated carbocycles. The highest BCUT2D eigenvalue weighted by molar-refractivity contribution is 9.10. The van der Waals surface area contributed by atoms with Crippen LogP contribution in [-0.2, 0) is 4.74 Å². The van der Waals surface area contributed by atoms with Gasteiger partial charge in [0.25, 0.3) is 0 Å². The van der Waals surface area contributed by atoms with E-state index in [4.69, 9.17) is 4.74 Å². The summed E-state index contributed by atoms with van der Waals surface area (Å²) >= 11 is 3.53. The number of H-pyrrole nitrogens is 1. The summed E-state index contributed by atoms with van der Waals surface area (Å²) in [6.45, 7) is 2.17. The van der Waals surface area contributed by atoms with Crippen molar-refractivity contribution in [1.82, 2.24) is 4.98 Å². The largest absolute Gasteiger partial charge is 0.462 e. The van der Waals surface area contributed by atoms with Crippen LogP contribution in [0.15, 0.2) is 65.1 Å². The zero-order chi connectivity index (χ0) is 17.4. The Labute approximate surface area is 153 Å². The number of esters is 1. The van der Waals surface area contributed by atoms with Crippen molar-refractivity contribution in [2.45, 2.75) is 6.92 Å². The summed E-state index contributed by atoms with van der Waals surface area (Å²) in [5, 5.41) is 2.09. The van der Waals surface area contributed by atoms with Gasteiger partial charge in [0, 0.05) is 20.8 Å². The molecular formula is C21H16BrNO2. The Bertz CT molecular complexity index is 1080. The fourth-order valence-electron chi connectivity index (χ4n) is 3.14. The van der Waals surface area contributed by atoms with Gasteiger partial charge in [0.2, 0.25) is 0 Å². The molecule has 0 aliphatic heterocycles. The minimum atomic E-state index is -0.309. The topological polar surface area (TPSA) is 42.1 Å². The molecule has 1 heterocycles. The number of aromatic nitrogens is 1. The van der Waals surface area contributed by atoms with Gasteiger partial charge in [0.1, 0.15) is 0 Å². The number of halogens is 1. The predicted molar refractivity (Wildman–Crippen MR) is 105 cm³/mol. The van der Waals surface area contributed by atoms with E-state index >= 15 is 0 Å². The second kappa shape index (κ2) is 6.37. The molecule has 1 aromatic heterocycles. The van der Waals surface area contributed by atoms with Gasteiger partial charge in [0.15, 0.2) is 0 Å². The van der Waals surface area contributed by atoms with Gasteiger partial charge in [-0.2, -0.15) is 0 Å². The molecule has 3 aromatic carbocycles. The van der Waals surface area contributed by atoms with Crippen LogP contribution in [0.5, 0.6) is 0 Å². The van der Waals surface area contributed by atoms with E-state index in [0.717, 1.165) is 37.4 Å². The Morgan fingerprint density at radius 2 is 1.80 bits per heavy atom. The van der Waals surface area contributed by atoms with Gasteiger partial charge in [-0.3, -0.25) is 0 Å². The number of carbonyl (C=O) groups is 1. The SMILES string of the molecule is CCOC(=O)c1cc(-c2ccccc2)cc2c1[nH]c1ccc(Br)cc12. The number of ether oxygens (including phenoxy) is 1. The summed E-state index contributed by atoms with van der Waals surface area (Å²) in [7, 11) is 0. The maximum absolute atomic E-state index is 12.5. The van der Waals surface area contributed by atoms with Crippen LogP contribution >= 0.6 is 15.9 Å². The molecule has 0 aliphatic carbocycles. The summed E-state index contributed by atoms with van der Waals surface area (Å²) in [6, 6.07) is 20.1. The van der Waals surface area contributed by atoms with Gasteiger partial charge in [-0.15, -0.1) is 0 Å². The summed E-state index contributed by atoms with van der Waals surface area (Å²) in [6.07, 6.45) is 0. The van der Waals surface area contributed by atoms with E-state index in [0.29, 0.717) is 12.2 Å². The quantitative estimate of drug-likeness (QED) is 0.438. The zero-order valence-electron chi connectivity index (χ0n) is 13.7. The number of hydrogen-bond acceptors (Lipinski definition) is 2. The zero-order valence-corrected chi connectivity index (χ0v) is 15.3. The minimum absolute atomic E-state index is 0.309. The number of hydrogen-bond donors (Lipinski definition) is 1. The third-order valence-electron chi connectivity index (χ3n) is 4.27. The lowest BCUT2D eigenvalue weighted by Crippen LogP contribution is -2.05. The molecule has 3 nitrogen and oxygen atoms in total. The van der Waals surface area contributed by atoms with Gasteiger partial charge in [0.05, 0.1) is 17.7 Å². The Morgan fingerprint density at radius 1 is 1.00 bits per heavy atom. The first kappa shape index (κ1) is 15.9. The highest BCUT2D eigenvalue weighted by Crippen LogP contribution is 2.34. The lowest BCUT2D eigenvalue weighted by atomic mass is 9.99. The van der Waals surface area contributed by atoms with Crippen LogP contribution in [0.3, 0.4) is 0 Å². The third-order valence-corrected chi connectivity index (χ3v) is 4.77. The van der Waals surface area contributed by atoms with Crippen LogP contribution in [0, 0.1) is 0 Å². The second-order valence-electron chi connectivity index (χ2n) is 5.85. The highest BCUT2D eigenvalue weighted by atomic mass is 79.9. The Kier molecular flexibility index (Phi) is 4.06. The molecule has 0 fully saturated rings. The van der Waals surface area contributed by atoms with Gasteiger partial charge >= 0.3 is 5.97 Å². The normalized spacial score (nSPS) is 11.1. The summed E-state index contributed by atoms with van der Waals surface area (Å²) in [4.78, 5) is 15.9. The fourth-order valence-corrected chi connectivity index (χ4v) is 3.50. The van der Waals surface area contributed by atoms with Gasteiger partial charge in [-0.1, -0.05) is 46.3 Å². The molecule has 0 amide bonds. The molecule has 124 valence electrons. The van der Waals surface area contributed by atoms with Gasteiger partial charge in [-0.05, 0) is 48.4 Å². The molecule has 0 atom stereocenters. The van der Waals surface area contributed by atoms with Gasteiger partial charge < -0.3 is 9.72 Å². The number of fused-ring (bicyclic) bond motifs is 3. The first-order valence-corrected chi connectivity index (χ1v) is 8.94. The monoisotopic (exact) mass is 393 g/mol. The van der Waals surface area contributed by atoms with E-state index in [1.807, 2.05) is 55.5 Å². The molecule has 0 bridgehead atoms. The van der Waals surface area contributed by atoms with Crippen molar-refractivity contribution in [1.29, 1.82) is 0 Å². The Balaban J connectivity index is 2.06. The first-order chi connectivity index (χ1) is 12.2. The van der Waals surface area contributed by atoms with E-state index in [-0.39, 0.29) is 5.97 Å². The second-order valence-corrected chi connectivity index (χ2v) is 6.76. The molecule has 0 saturated heterocycles. The number of nitrogens with one attached hydrogen (secondary N) is 1. The van der Waals surface area contributed by atoms with Gasteiger partial charge in [-0.25, -0.2) is 4.79 Å². The third kappa shape index (κ3) is 2.83.